The quantitative estimate of drug-likeness (QED) is 0.602. The number of hydrogen-bond acceptors (Lipinski definition) is 2. The van der Waals surface area contributed by atoms with Gasteiger partial charge in [-0.1, -0.05) is 6.08 Å². The van der Waals surface area contributed by atoms with Gasteiger partial charge < -0.3 is 0 Å². The van der Waals surface area contributed by atoms with E-state index in [4.69, 9.17) is 0 Å². The van der Waals surface area contributed by atoms with E-state index in [2.05, 4.69) is 11.9 Å². The molecular formula is C8H10NS. The second-order valence-corrected chi connectivity index (χ2v) is 3.32. The van der Waals surface area contributed by atoms with Gasteiger partial charge in [-0.25, -0.2) is 4.98 Å². The molecule has 0 saturated carbocycles. The van der Waals surface area contributed by atoms with Gasteiger partial charge in [0.05, 0.1) is 10.7 Å². The average molecular weight is 152 g/mol. The molecular weight excluding hydrogens is 142 g/mol. The molecule has 0 saturated heterocycles. The SMILES string of the molecule is [CH2]/C=C/c1sc(C)nc1C. The van der Waals surface area contributed by atoms with E-state index in [-0.39, 0.29) is 0 Å². The number of thiazole rings is 1. The molecule has 0 aliphatic carbocycles. The van der Waals surface area contributed by atoms with E-state index in [1.54, 1.807) is 17.4 Å². The van der Waals surface area contributed by atoms with Crippen molar-refractivity contribution in [1.29, 1.82) is 0 Å². The normalized spacial score (nSPS) is 11.1. The predicted molar refractivity (Wildman–Crippen MR) is 46.0 cm³/mol. The van der Waals surface area contributed by atoms with Gasteiger partial charge in [0.2, 0.25) is 0 Å². The molecule has 0 unspecified atom stereocenters. The highest BCUT2D eigenvalue weighted by Gasteiger charge is 1.98. The summed E-state index contributed by atoms with van der Waals surface area (Å²) in [6.07, 6.45) is 3.78. The second kappa shape index (κ2) is 2.97. The molecule has 1 radical (unpaired) electrons. The van der Waals surface area contributed by atoms with E-state index in [1.165, 1.54) is 4.88 Å². The third kappa shape index (κ3) is 1.45. The van der Waals surface area contributed by atoms with Gasteiger partial charge >= 0.3 is 0 Å². The van der Waals surface area contributed by atoms with Gasteiger partial charge in [0.15, 0.2) is 0 Å². The van der Waals surface area contributed by atoms with Crippen LogP contribution < -0.4 is 0 Å². The Balaban J connectivity index is 3.03. The molecule has 0 amide bonds. The lowest BCUT2D eigenvalue weighted by Crippen LogP contribution is -1.72. The Morgan fingerprint density at radius 2 is 2.20 bits per heavy atom. The lowest BCUT2D eigenvalue weighted by atomic mass is 10.4. The maximum atomic E-state index is 4.27. The predicted octanol–water partition coefficient (Wildman–Crippen LogP) is 2.61. The molecule has 0 N–H and O–H groups in total. The van der Waals surface area contributed by atoms with Gasteiger partial charge in [-0.15, -0.1) is 11.3 Å². The Hall–Kier alpha value is -0.630. The van der Waals surface area contributed by atoms with Crippen molar-refractivity contribution in [2.75, 3.05) is 0 Å². The van der Waals surface area contributed by atoms with E-state index >= 15 is 0 Å². The van der Waals surface area contributed by atoms with Gasteiger partial charge in [0, 0.05) is 4.88 Å². The lowest BCUT2D eigenvalue weighted by Gasteiger charge is -1.82. The summed E-state index contributed by atoms with van der Waals surface area (Å²) in [5.41, 5.74) is 1.10. The molecule has 1 heterocycles. The van der Waals surface area contributed by atoms with Gasteiger partial charge in [-0.05, 0) is 26.8 Å². The van der Waals surface area contributed by atoms with Gasteiger partial charge in [0.1, 0.15) is 0 Å². The topological polar surface area (TPSA) is 12.9 Å². The van der Waals surface area contributed by atoms with Crippen LogP contribution in [-0.4, -0.2) is 4.98 Å². The summed E-state index contributed by atoms with van der Waals surface area (Å²) in [5, 5.41) is 1.12. The zero-order chi connectivity index (χ0) is 7.56. The number of hydrogen-bond donors (Lipinski definition) is 0. The van der Waals surface area contributed by atoms with Crippen molar-refractivity contribution < 1.29 is 0 Å². The van der Waals surface area contributed by atoms with Gasteiger partial charge in [-0.3, -0.25) is 0 Å². The highest BCUT2D eigenvalue weighted by molar-refractivity contribution is 7.12. The fraction of sp³-hybridized carbons (Fsp3) is 0.250. The molecule has 1 aromatic rings. The first-order valence-corrected chi connectivity index (χ1v) is 3.95. The van der Waals surface area contributed by atoms with E-state index < -0.39 is 0 Å². The lowest BCUT2D eigenvalue weighted by molar-refractivity contribution is 1.20. The molecule has 53 valence electrons. The maximum absolute atomic E-state index is 4.27. The Bertz CT molecular complexity index is 248. The molecule has 0 fully saturated rings. The molecule has 0 aliphatic rings. The first-order valence-electron chi connectivity index (χ1n) is 3.14. The number of aromatic nitrogens is 1. The van der Waals surface area contributed by atoms with Crippen LogP contribution in [0, 0.1) is 20.8 Å². The van der Waals surface area contributed by atoms with E-state index in [9.17, 15) is 0 Å². The summed E-state index contributed by atoms with van der Waals surface area (Å²) < 4.78 is 0. The second-order valence-electron chi connectivity index (χ2n) is 2.08. The third-order valence-corrected chi connectivity index (χ3v) is 2.25. The summed E-state index contributed by atoms with van der Waals surface area (Å²) >= 11 is 1.70. The monoisotopic (exact) mass is 152 g/mol. The van der Waals surface area contributed by atoms with Gasteiger partial charge in [0.25, 0.3) is 0 Å². The van der Waals surface area contributed by atoms with E-state index in [1.807, 2.05) is 19.9 Å². The minimum absolute atomic E-state index is 1.10. The summed E-state index contributed by atoms with van der Waals surface area (Å²) in [4.78, 5) is 5.48. The van der Waals surface area contributed by atoms with Crippen LogP contribution in [0.5, 0.6) is 0 Å². The Labute approximate surface area is 65.4 Å². The number of nitrogens with zero attached hydrogens (tertiary/aromatic N) is 1. The van der Waals surface area contributed by atoms with Crippen molar-refractivity contribution in [1.82, 2.24) is 4.98 Å². The largest absolute Gasteiger partial charge is 0.246 e. The van der Waals surface area contributed by atoms with Crippen LogP contribution in [0.4, 0.5) is 0 Å². The van der Waals surface area contributed by atoms with Crippen molar-refractivity contribution in [3.8, 4) is 0 Å². The van der Waals surface area contributed by atoms with E-state index in [0.717, 1.165) is 10.7 Å². The van der Waals surface area contributed by atoms with E-state index in [0.29, 0.717) is 0 Å². The molecule has 0 aliphatic heterocycles. The minimum atomic E-state index is 1.10. The number of rotatable bonds is 1. The summed E-state index contributed by atoms with van der Waals surface area (Å²) in [5.74, 6) is 0. The standard InChI is InChI=1S/C8H10NS/c1-4-5-8-6(2)9-7(3)10-8/h4-5H,1H2,2-3H3/b5-4+. The van der Waals surface area contributed by atoms with Crippen LogP contribution in [-0.2, 0) is 0 Å². The third-order valence-electron chi connectivity index (χ3n) is 1.21. The van der Waals surface area contributed by atoms with Crippen molar-refractivity contribution in [2.24, 2.45) is 0 Å². The molecule has 0 aromatic carbocycles. The van der Waals surface area contributed by atoms with Gasteiger partial charge in [-0.2, -0.15) is 0 Å². The highest BCUT2D eigenvalue weighted by Crippen LogP contribution is 2.17. The zero-order valence-corrected chi connectivity index (χ0v) is 7.03. The van der Waals surface area contributed by atoms with Crippen LogP contribution in [0.2, 0.25) is 0 Å². The van der Waals surface area contributed by atoms with Crippen molar-refractivity contribution in [2.45, 2.75) is 13.8 Å². The highest BCUT2D eigenvalue weighted by atomic mass is 32.1. The first kappa shape index (κ1) is 7.48. The molecule has 1 aromatic heterocycles. The Morgan fingerprint density at radius 3 is 2.60 bits per heavy atom. The molecule has 10 heavy (non-hydrogen) atoms. The smallest absolute Gasteiger partial charge is 0.0903 e. The first-order chi connectivity index (χ1) is 4.74. The Morgan fingerprint density at radius 1 is 1.50 bits per heavy atom. The fourth-order valence-corrected chi connectivity index (χ4v) is 1.67. The van der Waals surface area contributed by atoms with Crippen LogP contribution in [0.1, 0.15) is 15.6 Å². The molecule has 0 atom stereocenters. The van der Waals surface area contributed by atoms with Crippen molar-refractivity contribution in [3.63, 3.8) is 0 Å². The fourth-order valence-electron chi connectivity index (χ4n) is 0.809. The minimum Gasteiger partial charge on any atom is -0.246 e. The van der Waals surface area contributed by atoms with Crippen molar-refractivity contribution >= 4 is 17.4 Å². The molecule has 0 bridgehead atoms. The summed E-state index contributed by atoms with van der Waals surface area (Å²) in [6, 6.07) is 0. The van der Waals surface area contributed by atoms with Crippen LogP contribution in [0.15, 0.2) is 6.08 Å². The summed E-state index contributed by atoms with van der Waals surface area (Å²) in [7, 11) is 0. The number of aryl methyl sites for hydroxylation is 2. The molecule has 2 heteroatoms. The molecule has 1 rings (SSSR count). The number of allylic oxidation sites excluding steroid dienone is 1. The van der Waals surface area contributed by atoms with Crippen LogP contribution in [0.3, 0.4) is 0 Å². The molecule has 0 spiro atoms. The Kier molecular flexibility index (Phi) is 2.22. The summed E-state index contributed by atoms with van der Waals surface area (Å²) in [6.45, 7) is 7.65. The van der Waals surface area contributed by atoms with Crippen LogP contribution >= 0.6 is 11.3 Å². The van der Waals surface area contributed by atoms with Crippen LogP contribution in [0.25, 0.3) is 6.08 Å². The van der Waals surface area contributed by atoms with Crippen molar-refractivity contribution in [3.05, 3.63) is 28.6 Å². The zero-order valence-electron chi connectivity index (χ0n) is 6.22. The maximum Gasteiger partial charge on any atom is 0.0903 e. The average Bonchev–Trinajstić information content (AvgIpc) is 2.13. The molecule has 1 nitrogen and oxygen atoms in total.